The Morgan fingerprint density at radius 1 is 1.09 bits per heavy atom. The predicted octanol–water partition coefficient (Wildman–Crippen LogP) is 3.37. The first kappa shape index (κ1) is 15.6. The van der Waals surface area contributed by atoms with Gasteiger partial charge in [0.15, 0.2) is 0 Å². The van der Waals surface area contributed by atoms with Crippen LogP contribution in [-0.2, 0) is 22.6 Å². The summed E-state index contributed by atoms with van der Waals surface area (Å²) < 4.78 is 5.14. The Hall–Kier alpha value is -2.82. The first-order valence-corrected chi connectivity index (χ1v) is 6.84. The molecule has 0 radical (unpaired) electrons. The smallest absolute Gasteiger partial charge is 0.411 e. The highest BCUT2D eigenvalue weighted by Crippen LogP contribution is 2.19. The Morgan fingerprint density at radius 2 is 1.82 bits per heavy atom. The van der Waals surface area contributed by atoms with Gasteiger partial charge < -0.3 is 9.84 Å². The number of nitrogens with one attached hydrogen (secondary N) is 1. The maximum atomic E-state index is 11.8. The second-order valence-corrected chi connectivity index (χ2v) is 4.85. The molecule has 2 aromatic carbocycles. The fourth-order valence-electron chi connectivity index (χ4n) is 2.04. The molecule has 0 aliphatic heterocycles. The highest BCUT2D eigenvalue weighted by Gasteiger charge is 2.10. The molecule has 114 valence electrons. The van der Waals surface area contributed by atoms with E-state index in [-0.39, 0.29) is 13.0 Å². The summed E-state index contributed by atoms with van der Waals surface area (Å²) in [5.41, 5.74) is 2.83. The van der Waals surface area contributed by atoms with Gasteiger partial charge in [0.2, 0.25) is 0 Å². The van der Waals surface area contributed by atoms with Crippen LogP contribution in [0.4, 0.5) is 10.5 Å². The monoisotopic (exact) mass is 299 g/mol. The van der Waals surface area contributed by atoms with Gasteiger partial charge in [0.25, 0.3) is 0 Å². The van der Waals surface area contributed by atoms with Crippen LogP contribution in [0, 0.1) is 6.92 Å². The zero-order valence-electron chi connectivity index (χ0n) is 12.2. The lowest BCUT2D eigenvalue weighted by atomic mass is 10.0. The largest absolute Gasteiger partial charge is 0.481 e. The molecule has 5 heteroatoms. The van der Waals surface area contributed by atoms with Gasteiger partial charge in [0.05, 0.1) is 6.42 Å². The van der Waals surface area contributed by atoms with E-state index in [1.165, 1.54) is 0 Å². The quantitative estimate of drug-likeness (QED) is 0.887. The van der Waals surface area contributed by atoms with Gasteiger partial charge in [-0.05, 0) is 29.7 Å². The number of carboxylic acid groups (broad SMARTS) is 1. The lowest BCUT2D eigenvalue weighted by Crippen LogP contribution is -2.15. The van der Waals surface area contributed by atoms with Crippen molar-refractivity contribution in [2.75, 3.05) is 5.32 Å². The number of rotatable bonds is 5. The standard InChI is InChI=1S/C17H17NO4/c1-12-14(10-16(19)20)8-5-9-15(12)18-17(21)22-11-13-6-3-2-4-7-13/h2-9H,10-11H2,1H3,(H,18,21)(H,19,20). The summed E-state index contributed by atoms with van der Waals surface area (Å²) >= 11 is 0. The summed E-state index contributed by atoms with van der Waals surface area (Å²) in [4.78, 5) is 22.6. The molecule has 1 amide bonds. The molecule has 0 saturated carbocycles. The second-order valence-electron chi connectivity index (χ2n) is 4.85. The van der Waals surface area contributed by atoms with Crippen molar-refractivity contribution in [1.29, 1.82) is 0 Å². The summed E-state index contributed by atoms with van der Waals surface area (Å²) in [7, 11) is 0. The molecule has 0 unspecified atom stereocenters. The topological polar surface area (TPSA) is 75.6 Å². The van der Waals surface area contributed by atoms with Gasteiger partial charge in [0.1, 0.15) is 6.61 Å². The molecule has 22 heavy (non-hydrogen) atoms. The van der Waals surface area contributed by atoms with Crippen molar-refractivity contribution in [2.24, 2.45) is 0 Å². The Bertz CT molecular complexity index is 668. The first-order valence-electron chi connectivity index (χ1n) is 6.84. The Kier molecular flexibility index (Phi) is 5.14. The minimum atomic E-state index is -0.910. The average molecular weight is 299 g/mol. The molecule has 0 aromatic heterocycles. The summed E-state index contributed by atoms with van der Waals surface area (Å²) in [6.45, 7) is 1.95. The third kappa shape index (κ3) is 4.34. The van der Waals surface area contributed by atoms with Gasteiger partial charge in [-0.15, -0.1) is 0 Å². The highest BCUT2D eigenvalue weighted by atomic mass is 16.5. The molecule has 2 N–H and O–H groups in total. The minimum absolute atomic E-state index is 0.0829. The number of carboxylic acids is 1. The molecule has 2 aromatic rings. The van der Waals surface area contributed by atoms with Gasteiger partial charge in [-0.1, -0.05) is 42.5 Å². The lowest BCUT2D eigenvalue weighted by Gasteiger charge is -2.12. The van der Waals surface area contributed by atoms with E-state index in [4.69, 9.17) is 9.84 Å². The fourth-order valence-corrected chi connectivity index (χ4v) is 2.04. The number of benzene rings is 2. The number of aliphatic carboxylic acids is 1. The number of ether oxygens (including phenoxy) is 1. The van der Waals surface area contributed by atoms with E-state index in [1.54, 1.807) is 25.1 Å². The van der Waals surface area contributed by atoms with E-state index in [1.807, 2.05) is 30.3 Å². The van der Waals surface area contributed by atoms with Gasteiger partial charge in [0, 0.05) is 5.69 Å². The number of carbonyl (C=O) groups excluding carboxylic acids is 1. The van der Waals surface area contributed by atoms with Crippen LogP contribution in [0.1, 0.15) is 16.7 Å². The highest BCUT2D eigenvalue weighted by molar-refractivity contribution is 5.86. The van der Waals surface area contributed by atoms with Crippen LogP contribution >= 0.6 is 0 Å². The van der Waals surface area contributed by atoms with Crippen molar-refractivity contribution in [3.05, 3.63) is 65.2 Å². The molecule has 0 saturated heterocycles. The molecule has 0 bridgehead atoms. The van der Waals surface area contributed by atoms with Crippen LogP contribution in [0.2, 0.25) is 0 Å². The molecular formula is C17H17NO4. The van der Waals surface area contributed by atoms with E-state index in [0.29, 0.717) is 11.3 Å². The summed E-state index contributed by atoms with van der Waals surface area (Å²) in [5.74, 6) is -0.910. The van der Waals surface area contributed by atoms with Gasteiger partial charge in [-0.2, -0.15) is 0 Å². The van der Waals surface area contributed by atoms with Crippen molar-refractivity contribution in [3.8, 4) is 0 Å². The SMILES string of the molecule is Cc1c(CC(=O)O)cccc1NC(=O)OCc1ccccc1. The van der Waals surface area contributed by atoms with Crippen molar-refractivity contribution in [2.45, 2.75) is 20.0 Å². The molecule has 2 rings (SSSR count). The molecule has 0 aliphatic rings. The number of hydrogen-bond acceptors (Lipinski definition) is 3. The fraction of sp³-hybridized carbons (Fsp3) is 0.176. The Labute approximate surface area is 128 Å². The van der Waals surface area contributed by atoms with Gasteiger partial charge in [-0.3, -0.25) is 10.1 Å². The minimum Gasteiger partial charge on any atom is -0.481 e. The molecule has 0 heterocycles. The van der Waals surface area contributed by atoms with Crippen molar-refractivity contribution >= 4 is 17.7 Å². The van der Waals surface area contributed by atoms with Crippen LogP contribution in [0.3, 0.4) is 0 Å². The molecule has 0 atom stereocenters. The summed E-state index contributed by atoms with van der Waals surface area (Å²) in [6.07, 6.45) is -0.653. The molecule has 0 spiro atoms. The maximum absolute atomic E-state index is 11.8. The Morgan fingerprint density at radius 3 is 2.50 bits per heavy atom. The zero-order chi connectivity index (χ0) is 15.9. The van der Waals surface area contributed by atoms with E-state index in [0.717, 1.165) is 11.1 Å². The molecular weight excluding hydrogens is 282 g/mol. The Balaban J connectivity index is 1.98. The van der Waals surface area contributed by atoms with Crippen molar-refractivity contribution in [3.63, 3.8) is 0 Å². The third-order valence-corrected chi connectivity index (χ3v) is 3.24. The van der Waals surface area contributed by atoms with E-state index >= 15 is 0 Å². The van der Waals surface area contributed by atoms with E-state index in [9.17, 15) is 9.59 Å². The maximum Gasteiger partial charge on any atom is 0.411 e. The third-order valence-electron chi connectivity index (χ3n) is 3.24. The molecule has 5 nitrogen and oxygen atoms in total. The summed E-state index contributed by atoms with van der Waals surface area (Å²) in [6, 6.07) is 14.5. The number of hydrogen-bond donors (Lipinski definition) is 2. The van der Waals surface area contributed by atoms with Crippen molar-refractivity contribution in [1.82, 2.24) is 0 Å². The molecule has 0 aliphatic carbocycles. The van der Waals surface area contributed by atoms with Crippen LogP contribution in [0.25, 0.3) is 0 Å². The zero-order valence-corrected chi connectivity index (χ0v) is 12.2. The van der Waals surface area contributed by atoms with Crippen LogP contribution in [0.5, 0.6) is 0 Å². The summed E-state index contributed by atoms with van der Waals surface area (Å²) in [5, 5.41) is 11.5. The second kappa shape index (κ2) is 7.26. The predicted molar refractivity (Wildman–Crippen MR) is 82.8 cm³/mol. The van der Waals surface area contributed by atoms with Crippen LogP contribution in [0.15, 0.2) is 48.5 Å². The van der Waals surface area contributed by atoms with Crippen molar-refractivity contribution < 1.29 is 19.4 Å². The number of carbonyl (C=O) groups is 2. The normalized spacial score (nSPS) is 10.0. The van der Waals surface area contributed by atoms with Gasteiger partial charge >= 0.3 is 12.1 Å². The van der Waals surface area contributed by atoms with Crippen LogP contribution in [-0.4, -0.2) is 17.2 Å². The van der Waals surface area contributed by atoms with E-state index in [2.05, 4.69) is 5.32 Å². The van der Waals surface area contributed by atoms with E-state index < -0.39 is 12.1 Å². The number of anilines is 1. The lowest BCUT2D eigenvalue weighted by molar-refractivity contribution is -0.136. The van der Waals surface area contributed by atoms with Gasteiger partial charge in [-0.25, -0.2) is 4.79 Å². The average Bonchev–Trinajstić information content (AvgIpc) is 2.50. The first-order chi connectivity index (χ1) is 10.6. The number of amides is 1. The van der Waals surface area contributed by atoms with Crippen LogP contribution < -0.4 is 5.32 Å². The molecule has 0 fully saturated rings.